The highest BCUT2D eigenvalue weighted by molar-refractivity contribution is 7.89. The summed E-state index contributed by atoms with van der Waals surface area (Å²) in [4.78, 5) is 2.49. The molecule has 1 heterocycles. The van der Waals surface area contributed by atoms with Crippen LogP contribution in [-0.2, 0) is 10.0 Å². The molecule has 0 spiro atoms. The van der Waals surface area contributed by atoms with E-state index in [1.807, 2.05) is 49.4 Å². The van der Waals surface area contributed by atoms with Crippen molar-refractivity contribution in [3.63, 3.8) is 0 Å². The van der Waals surface area contributed by atoms with Crippen LogP contribution in [0.4, 0.5) is 0 Å². The van der Waals surface area contributed by atoms with Crippen LogP contribution in [-0.4, -0.2) is 57.3 Å². The van der Waals surface area contributed by atoms with E-state index in [2.05, 4.69) is 9.62 Å². The minimum absolute atomic E-state index is 0.213. The number of piperidine rings is 1. The van der Waals surface area contributed by atoms with Crippen molar-refractivity contribution in [3.8, 4) is 5.75 Å². The standard InChI is InChI=1S/C26H32N2O4S/c1-20-11-13-24(14-12-20)33(30,31)27-16-21-6-5-15-28(17-21)18-23(29)19-32-26-10-4-8-22-7-2-3-9-25(22)26/h2-4,7-14,21,23,27,29H,5-6,15-19H2,1H3. The van der Waals surface area contributed by atoms with Gasteiger partial charge in [0.25, 0.3) is 0 Å². The van der Waals surface area contributed by atoms with Crippen LogP contribution in [0.1, 0.15) is 18.4 Å². The van der Waals surface area contributed by atoms with Gasteiger partial charge < -0.3 is 14.7 Å². The molecular weight excluding hydrogens is 436 g/mol. The summed E-state index contributed by atoms with van der Waals surface area (Å²) < 4.78 is 33.8. The Morgan fingerprint density at radius 1 is 1.09 bits per heavy atom. The first-order valence-corrected chi connectivity index (χ1v) is 13.0. The predicted molar refractivity (Wildman–Crippen MR) is 131 cm³/mol. The fourth-order valence-corrected chi connectivity index (χ4v) is 5.49. The van der Waals surface area contributed by atoms with Crippen molar-refractivity contribution in [3.05, 3.63) is 72.3 Å². The van der Waals surface area contributed by atoms with Crippen molar-refractivity contribution in [2.24, 2.45) is 5.92 Å². The van der Waals surface area contributed by atoms with Crippen LogP contribution in [0.5, 0.6) is 5.75 Å². The molecule has 7 heteroatoms. The zero-order chi connectivity index (χ0) is 23.3. The Kier molecular flexibility index (Phi) is 7.65. The molecule has 0 saturated carbocycles. The minimum atomic E-state index is -3.51. The summed E-state index contributed by atoms with van der Waals surface area (Å²) in [6, 6.07) is 20.8. The number of β-amino-alcohol motifs (C(OH)–C–C–N with tert-alkyl or cyclic N) is 1. The van der Waals surface area contributed by atoms with Crippen molar-refractivity contribution in [1.82, 2.24) is 9.62 Å². The number of benzene rings is 3. The number of sulfonamides is 1. The van der Waals surface area contributed by atoms with Crippen LogP contribution in [0, 0.1) is 12.8 Å². The van der Waals surface area contributed by atoms with Gasteiger partial charge in [0.15, 0.2) is 0 Å². The molecule has 2 N–H and O–H groups in total. The van der Waals surface area contributed by atoms with Crippen molar-refractivity contribution in [2.45, 2.75) is 30.8 Å². The molecular formula is C26H32N2O4S. The highest BCUT2D eigenvalue weighted by atomic mass is 32.2. The average Bonchev–Trinajstić information content (AvgIpc) is 2.82. The molecule has 0 aromatic heterocycles. The number of nitrogens with zero attached hydrogens (tertiary/aromatic N) is 1. The highest BCUT2D eigenvalue weighted by Crippen LogP contribution is 2.25. The minimum Gasteiger partial charge on any atom is -0.490 e. The second-order valence-electron chi connectivity index (χ2n) is 8.87. The summed E-state index contributed by atoms with van der Waals surface area (Å²) in [5.74, 6) is 0.986. The monoisotopic (exact) mass is 468 g/mol. The topological polar surface area (TPSA) is 78.9 Å². The SMILES string of the molecule is Cc1ccc(S(=O)(=O)NCC2CCCN(CC(O)COc3cccc4ccccc34)C2)cc1. The van der Waals surface area contributed by atoms with E-state index in [4.69, 9.17) is 4.74 Å². The molecule has 3 aromatic rings. The Labute approximate surface area is 196 Å². The fourth-order valence-electron chi connectivity index (χ4n) is 4.37. The fraction of sp³-hybridized carbons (Fsp3) is 0.385. The Morgan fingerprint density at radius 2 is 1.85 bits per heavy atom. The zero-order valence-corrected chi connectivity index (χ0v) is 19.8. The molecule has 3 aromatic carbocycles. The maximum atomic E-state index is 12.6. The normalized spacial score (nSPS) is 18.3. The molecule has 1 aliphatic rings. The first-order chi connectivity index (χ1) is 15.9. The summed E-state index contributed by atoms with van der Waals surface area (Å²) >= 11 is 0. The maximum absolute atomic E-state index is 12.6. The van der Waals surface area contributed by atoms with E-state index >= 15 is 0 Å². The number of hydrogen-bond donors (Lipinski definition) is 2. The molecule has 1 saturated heterocycles. The number of aliphatic hydroxyl groups is 1. The lowest BCUT2D eigenvalue weighted by atomic mass is 9.98. The first kappa shape index (κ1) is 23.7. The first-order valence-electron chi connectivity index (χ1n) is 11.5. The van der Waals surface area contributed by atoms with E-state index in [9.17, 15) is 13.5 Å². The van der Waals surface area contributed by atoms with Gasteiger partial charge in [-0.2, -0.15) is 0 Å². The third-order valence-electron chi connectivity index (χ3n) is 6.15. The lowest BCUT2D eigenvalue weighted by Gasteiger charge is -2.34. The molecule has 0 bridgehead atoms. The number of aryl methyl sites for hydroxylation is 1. The molecule has 0 radical (unpaired) electrons. The van der Waals surface area contributed by atoms with Crippen molar-refractivity contribution >= 4 is 20.8 Å². The molecule has 2 atom stereocenters. The lowest BCUT2D eigenvalue weighted by molar-refractivity contribution is 0.0528. The Balaban J connectivity index is 1.26. The van der Waals surface area contributed by atoms with E-state index < -0.39 is 16.1 Å². The number of aliphatic hydroxyl groups excluding tert-OH is 1. The predicted octanol–water partition coefficient (Wildman–Crippen LogP) is 3.58. The molecule has 6 nitrogen and oxygen atoms in total. The third kappa shape index (κ3) is 6.32. The van der Waals surface area contributed by atoms with Gasteiger partial charge in [-0.25, -0.2) is 13.1 Å². The molecule has 0 amide bonds. The van der Waals surface area contributed by atoms with E-state index in [0.717, 1.165) is 48.0 Å². The van der Waals surface area contributed by atoms with Gasteiger partial charge in [0.2, 0.25) is 10.0 Å². The molecule has 1 fully saturated rings. The molecule has 1 aliphatic heterocycles. The van der Waals surface area contributed by atoms with E-state index in [0.29, 0.717) is 18.0 Å². The quantitative estimate of drug-likeness (QED) is 0.502. The Bertz CT molecular complexity index is 1160. The van der Waals surface area contributed by atoms with E-state index in [1.165, 1.54) is 0 Å². The van der Waals surface area contributed by atoms with Crippen LogP contribution in [0.25, 0.3) is 10.8 Å². The molecule has 4 rings (SSSR count). The number of likely N-dealkylation sites (tertiary alicyclic amines) is 1. The Morgan fingerprint density at radius 3 is 2.67 bits per heavy atom. The number of fused-ring (bicyclic) bond motifs is 1. The van der Waals surface area contributed by atoms with Crippen LogP contribution in [0.15, 0.2) is 71.6 Å². The largest absolute Gasteiger partial charge is 0.490 e. The third-order valence-corrected chi connectivity index (χ3v) is 7.59. The summed E-state index contributed by atoms with van der Waals surface area (Å²) in [6.07, 6.45) is 1.33. The smallest absolute Gasteiger partial charge is 0.240 e. The van der Waals surface area contributed by atoms with Gasteiger partial charge in [0.05, 0.1) is 4.90 Å². The van der Waals surface area contributed by atoms with Gasteiger partial charge in [-0.1, -0.05) is 54.1 Å². The Hall–Kier alpha value is -2.45. The van der Waals surface area contributed by atoms with Crippen LogP contribution in [0.2, 0.25) is 0 Å². The number of rotatable bonds is 9. The second-order valence-corrected chi connectivity index (χ2v) is 10.6. The van der Waals surface area contributed by atoms with Crippen LogP contribution < -0.4 is 9.46 Å². The van der Waals surface area contributed by atoms with Crippen molar-refractivity contribution < 1.29 is 18.3 Å². The van der Waals surface area contributed by atoms with Gasteiger partial charge in [-0.05, 0) is 55.8 Å². The van der Waals surface area contributed by atoms with Crippen LogP contribution >= 0.6 is 0 Å². The van der Waals surface area contributed by atoms with E-state index in [-0.39, 0.29) is 12.5 Å². The second kappa shape index (κ2) is 10.7. The molecule has 0 aliphatic carbocycles. The molecule has 33 heavy (non-hydrogen) atoms. The van der Waals surface area contributed by atoms with Gasteiger partial charge >= 0.3 is 0 Å². The lowest BCUT2D eigenvalue weighted by Crippen LogP contribution is -2.44. The number of hydrogen-bond acceptors (Lipinski definition) is 5. The van der Waals surface area contributed by atoms with Gasteiger partial charge in [0, 0.05) is 25.0 Å². The van der Waals surface area contributed by atoms with E-state index in [1.54, 1.807) is 24.3 Å². The van der Waals surface area contributed by atoms with Gasteiger partial charge in [-0.15, -0.1) is 0 Å². The maximum Gasteiger partial charge on any atom is 0.240 e. The molecule has 2 unspecified atom stereocenters. The number of nitrogens with one attached hydrogen (secondary N) is 1. The summed E-state index contributed by atoms with van der Waals surface area (Å²) in [5.41, 5.74) is 1.03. The van der Waals surface area contributed by atoms with Crippen molar-refractivity contribution in [1.29, 1.82) is 0 Å². The zero-order valence-electron chi connectivity index (χ0n) is 19.0. The summed E-state index contributed by atoms with van der Waals surface area (Å²) in [6.45, 7) is 4.70. The van der Waals surface area contributed by atoms with Gasteiger partial charge in [0.1, 0.15) is 18.5 Å². The highest BCUT2D eigenvalue weighted by Gasteiger charge is 2.24. The summed E-state index contributed by atoms with van der Waals surface area (Å²) in [5, 5.41) is 12.7. The number of ether oxygens (including phenoxy) is 1. The van der Waals surface area contributed by atoms with Crippen molar-refractivity contribution in [2.75, 3.05) is 32.8 Å². The summed E-state index contributed by atoms with van der Waals surface area (Å²) in [7, 11) is -3.51. The average molecular weight is 469 g/mol. The van der Waals surface area contributed by atoms with Gasteiger partial charge in [-0.3, -0.25) is 0 Å². The molecule has 176 valence electrons. The van der Waals surface area contributed by atoms with Crippen LogP contribution in [0.3, 0.4) is 0 Å².